The van der Waals surface area contributed by atoms with Gasteiger partial charge in [-0.05, 0) is 18.5 Å². The summed E-state index contributed by atoms with van der Waals surface area (Å²) < 4.78 is 27.0. The number of hydrogen-bond donors (Lipinski definition) is 1. The Kier molecular flexibility index (Phi) is 4.83. The average Bonchev–Trinajstić information content (AvgIpc) is 2.86. The summed E-state index contributed by atoms with van der Waals surface area (Å²) >= 11 is 1.50. The number of rotatable bonds is 5. The first-order chi connectivity index (χ1) is 9.52. The molecule has 2 nitrogen and oxygen atoms in total. The van der Waals surface area contributed by atoms with E-state index in [1.807, 2.05) is 12.3 Å². The Bertz CT molecular complexity index is 581. The van der Waals surface area contributed by atoms with E-state index in [1.54, 1.807) is 0 Å². The zero-order chi connectivity index (χ0) is 14.7. The largest absolute Gasteiger partial charge is 0.304 e. The monoisotopic (exact) mass is 296 g/mol. The fourth-order valence-corrected chi connectivity index (χ4v) is 3.04. The molecule has 1 aromatic heterocycles. The predicted molar refractivity (Wildman–Crippen MR) is 78.1 cm³/mol. The Morgan fingerprint density at radius 2 is 2.05 bits per heavy atom. The van der Waals surface area contributed by atoms with Crippen molar-refractivity contribution < 1.29 is 8.78 Å². The van der Waals surface area contributed by atoms with E-state index in [9.17, 15) is 8.78 Å². The van der Waals surface area contributed by atoms with Crippen LogP contribution in [0.5, 0.6) is 0 Å². The van der Waals surface area contributed by atoms with Crippen LogP contribution in [0.1, 0.15) is 49.0 Å². The topological polar surface area (TPSA) is 24.9 Å². The minimum atomic E-state index is -0.566. The average molecular weight is 296 g/mol. The zero-order valence-electron chi connectivity index (χ0n) is 11.8. The van der Waals surface area contributed by atoms with Crippen LogP contribution in [-0.2, 0) is 0 Å². The fraction of sp³-hybridized carbons (Fsp3) is 0.400. The summed E-state index contributed by atoms with van der Waals surface area (Å²) in [6.07, 6.45) is 0. The van der Waals surface area contributed by atoms with E-state index >= 15 is 0 Å². The number of hydrogen-bond acceptors (Lipinski definition) is 3. The summed E-state index contributed by atoms with van der Waals surface area (Å²) in [5.74, 6) is -0.777. The number of nitrogens with one attached hydrogen (secondary N) is 1. The Morgan fingerprint density at radius 3 is 2.60 bits per heavy atom. The molecule has 1 N–H and O–H groups in total. The summed E-state index contributed by atoms with van der Waals surface area (Å²) in [6.45, 7) is 6.77. The smallest absolute Gasteiger partial charge is 0.131 e. The van der Waals surface area contributed by atoms with Crippen LogP contribution >= 0.6 is 11.3 Å². The van der Waals surface area contributed by atoms with Gasteiger partial charge >= 0.3 is 0 Å². The molecule has 2 aromatic rings. The van der Waals surface area contributed by atoms with Gasteiger partial charge in [0.1, 0.15) is 16.6 Å². The molecule has 0 bridgehead atoms. The highest BCUT2D eigenvalue weighted by Crippen LogP contribution is 2.29. The molecule has 0 saturated heterocycles. The third kappa shape index (κ3) is 3.22. The number of halogens is 2. The van der Waals surface area contributed by atoms with Gasteiger partial charge in [-0.15, -0.1) is 11.3 Å². The molecule has 0 aliphatic rings. The summed E-state index contributed by atoms with van der Waals surface area (Å²) in [4.78, 5) is 4.56. The summed E-state index contributed by atoms with van der Waals surface area (Å²) in [6, 6.07) is 3.34. The quantitative estimate of drug-likeness (QED) is 0.892. The van der Waals surface area contributed by atoms with Crippen LogP contribution < -0.4 is 5.32 Å². The van der Waals surface area contributed by atoms with Gasteiger partial charge in [0.05, 0.1) is 11.7 Å². The molecule has 2 rings (SSSR count). The number of nitrogens with zero attached hydrogens (tertiary/aromatic N) is 1. The van der Waals surface area contributed by atoms with Crippen LogP contribution in [0.3, 0.4) is 0 Å². The molecule has 0 amide bonds. The van der Waals surface area contributed by atoms with Crippen molar-refractivity contribution in [2.24, 2.45) is 0 Å². The maximum Gasteiger partial charge on any atom is 0.131 e. The normalized spacial score (nSPS) is 12.9. The fourth-order valence-electron chi connectivity index (χ4n) is 1.97. The van der Waals surface area contributed by atoms with E-state index in [2.05, 4.69) is 24.1 Å². The van der Waals surface area contributed by atoms with Crippen molar-refractivity contribution in [3.8, 4) is 0 Å². The molecule has 0 radical (unpaired) electrons. The molecule has 1 heterocycles. The highest BCUT2D eigenvalue weighted by atomic mass is 32.1. The van der Waals surface area contributed by atoms with E-state index < -0.39 is 11.6 Å². The lowest BCUT2D eigenvalue weighted by atomic mass is 10.1. The first-order valence-corrected chi connectivity index (χ1v) is 7.54. The molecule has 0 fully saturated rings. The maximum absolute atomic E-state index is 14.0. The van der Waals surface area contributed by atoms with Crippen molar-refractivity contribution in [3.05, 3.63) is 51.5 Å². The van der Waals surface area contributed by atoms with Crippen LogP contribution in [0, 0.1) is 11.6 Å². The molecule has 108 valence electrons. The summed E-state index contributed by atoms with van der Waals surface area (Å²) in [7, 11) is 0. The van der Waals surface area contributed by atoms with E-state index in [-0.39, 0.29) is 6.04 Å². The second kappa shape index (κ2) is 6.41. The van der Waals surface area contributed by atoms with E-state index in [4.69, 9.17) is 0 Å². The van der Waals surface area contributed by atoms with Gasteiger partial charge in [0.2, 0.25) is 0 Å². The molecule has 0 spiro atoms. The molecular weight excluding hydrogens is 278 g/mol. The van der Waals surface area contributed by atoms with Gasteiger partial charge in [-0.3, -0.25) is 0 Å². The molecule has 1 aromatic carbocycles. The standard InChI is InChI=1S/C15H18F2N2S/c1-4-18-14(11-6-5-10(16)7-12(11)17)15-19-13(8-20-15)9(2)3/h5-9,14,18H,4H2,1-3H3. The minimum absolute atomic E-state index is 0.334. The Morgan fingerprint density at radius 1 is 1.30 bits per heavy atom. The van der Waals surface area contributed by atoms with Crippen molar-refractivity contribution in [2.45, 2.75) is 32.7 Å². The van der Waals surface area contributed by atoms with Gasteiger partial charge in [0.25, 0.3) is 0 Å². The zero-order valence-corrected chi connectivity index (χ0v) is 12.6. The predicted octanol–water partition coefficient (Wildman–Crippen LogP) is 4.24. The van der Waals surface area contributed by atoms with Crippen LogP contribution in [0.25, 0.3) is 0 Å². The van der Waals surface area contributed by atoms with Crippen LogP contribution in [0.4, 0.5) is 8.78 Å². The van der Waals surface area contributed by atoms with Gasteiger partial charge in [-0.1, -0.05) is 26.8 Å². The van der Waals surface area contributed by atoms with Crippen molar-refractivity contribution >= 4 is 11.3 Å². The lowest BCUT2D eigenvalue weighted by molar-refractivity contribution is 0.539. The van der Waals surface area contributed by atoms with Gasteiger partial charge in [-0.25, -0.2) is 13.8 Å². The van der Waals surface area contributed by atoms with Crippen molar-refractivity contribution in [3.63, 3.8) is 0 Å². The highest BCUT2D eigenvalue weighted by molar-refractivity contribution is 7.09. The van der Waals surface area contributed by atoms with Crippen molar-refractivity contribution in [2.75, 3.05) is 6.54 Å². The van der Waals surface area contributed by atoms with Crippen LogP contribution in [-0.4, -0.2) is 11.5 Å². The summed E-state index contributed by atoms with van der Waals surface area (Å²) in [5.41, 5.74) is 1.42. The first-order valence-electron chi connectivity index (χ1n) is 6.66. The lowest BCUT2D eigenvalue weighted by Gasteiger charge is -2.16. The third-order valence-corrected chi connectivity index (χ3v) is 3.99. The molecular formula is C15H18F2N2S. The summed E-state index contributed by atoms with van der Waals surface area (Å²) in [5, 5.41) is 6.01. The molecule has 20 heavy (non-hydrogen) atoms. The number of benzene rings is 1. The van der Waals surface area contributed by atoms with E-state index in [0.29, 0.717) is 18.0 Å². The molecule has 0 aliphatic carbocycles. The number of thiazole rings is 1. The molecule has 1 unspecified atom stereocenters. The molecule has 0 aliphatic heterocycles. The SMILES string of the molecule is CCNC(c1nc(C(C)C)cs1)c1ccc(F)cc1F. The third-order valence-electron chi connectivity index (χ3n) is 3.06. The second-order valence-electron chi connectivity index (χ2n) is 4.92. The Hall–Kier alpha value is -1.33. The Balaban J connectivity index is 2.39. The van der Waals surface area contributed by atoms with Gasteiger partial charge in [0, 0.05) is 17.0 Å². The lowest BCUT2D eigenvalue weighted by Crippen LogP contribution is -2.23. The van der Waals surface area contributed by atoms with E-state index in [0.717, 1.165) is 16.8 Å². The van der Waals surface area contributed by atoms with Gasteiger partial charge in [-0.2, -0.15) is 0 Å². The van der Waals surface area contributed by atoms with Crippen molar-refractivity contribution in [1.82, 2.24) is 10.3 Å². The van der Waals surface area contributed by atoms with Crippen molar-refractivity contribution in [1.29, 1.82) is 0 Å². The van der Waals surface area contributed by atoms with Crippen LogP contribution in [0.15, 0.2) is 23.6 Å². The minimum Gasteiger partial charge on any atom is -0.304 e. The number of aromatic nitrogens is 1. The van der Waals surface area contributed by atoms with E-state index in [1.165, 1.54) is 23.5 Å². The first kappa shape index (κ1) is 15.1. The van der Waals surface area contributed by atoms with Crippen LogP contribution in [0.2, 0.25) is 0 Å². The second-order valence-corrected chi connectivity index (χ2v) is 5.81. The van der Waals surface area contributed by atoms with Gasteiger partial charge < -0.3 is 5.32 Å². The van der Waals surface area contributed by atoms with Gasteiger partial charge in [0.15, 0.2) is 0 Å². The Labute approximate surface area is 121 Å². The molecule has 5 heteroatoms. The highest BCUT2D eigenvalue weighted by Gasteiger charge is 2.21. The molecule has 1 atom stereocenters. The molecule has 0 saturated carbocycles. The maximum atomic E-state index is 14.0.